The number of ether oxygens (including phenoxy) is 4. The fourth-order valence-corrected chi connectivity index (χ4v) is 2.67. The first-order valence-corrected chi connectivity index (χ1v) is 9.08. The van der Waals surface area contributed by atoms with Crippen molar-refractivity contribution in [1.82, 2.24) is 0 Å². The van der Waals surface area contributed by atoms with Crippen molar-refractivity contribution in [2.75, 3.05) is 25.3 Å². The highest BCUT2D eigenvalue weighted by Gasteiger charge is 2.20. The summed E-state index contributed by atoms with van der Waals surface area (Å²) in [4.78, 5) is 35.8. The van der Waals surface area contributed by atoms with Crippen LogP contribution in [0.3, 0.4) is 0 Å². The Bertz CT molecular complexity index is 921. The van der Waals surface area contributed by atoms with E-state index < -0.39 is 18.5 Å². The summed E-state index contributed by atoms with van der Waals surface area (Å²) in [5.74, 6) is -0.133. The van der Waals surface area contributed by atoms with Crippen molar-refractivity contribution in [1.29, 1.82) is 0 Å². The van der Waals surface area contributed by atoms with Gasteiger partial charge in [-0.3, -0.25) is 9.59 Å². The summed E-state index contributed by atoms with van der Waals surface area (Å²) in [7, 11) is 0. The van der Waals surface area contributed by atoms with Gasteiger partial charge in [0.25, 0.3) is 5.91 Å². The summed E-state index contributed by atoms with van der Waals surface area (Å²) in [6.07, 6.45) is 0.909. The maximum absolute atomic E-state index is 12.1. The van der Waals surface area contributed by atoms with Crippen LogP contribution < -0.4 is 19.5 Å². The van der Waals surface area contributed by atoms with Gasteiger partial charge in [0.1, 0.15) is 5.75 Å². The predicted octanol–water partition coefficient (Wildman–Crippen LogP) is 2.74. The summed E-state index contributed by atoms with van der Waals surface area (Å²) in [5.41, 5.74) is 1.69. The molecule has 0 aromatic heterocycles. The molecule has 1 amide bonds. The lowest BCUT2D eigenvalue weighted by Crippen LogP contribution is -2.24. The molecule has 8 heteroatoms. The molecule has 3 rings (SSSR count). The van der Waals surface area contributed by atoms with Crippen LogP contribution >= 0.6 is 0 Å². The zero-order valence-electron chi connectivity index (χ0n) is 16.2. The van der Waals surface area contributed by atoms with E-state index in [9.17, 15) is 14.4 Å². The Morgan fingerprint density at radius 1 is 1.03 bits per heavy atom. The summed E-state index contributed by atoms with van der Waals surface area (Å²) in [6.45, 7) is 2.63. The van der Waals surface area contributed by atoms with Crippen molar-refractivity contribution in [2.24, 2.45) is 0 Å². The molecule has 29 heavy (non-hydrogen) atoms. The van der Waals surface area contributed by atoms with E-state index in [1.165, 1.54) is 19.1 Å². The highest BCUT2D eigenvalue weighted by atomic mass is 16.7. The van der Waals surface area contributed by atoms with Crippen molar-refractivity contribution in [3.8, 4) is 17.2 Å². The molecule has 0 saturated heterocycles. The number of carbonyl (C=O) groups excluding carboxylic acids is 3. The van der Waals surface area contributed by atoms with Crippen molar-refractivity contribution >= 4 is 23.3 Å². The first kappa shape index (κ1) is 20.2. The SMILES string of the molecule is CCc1ccc(OCC(=O)OCC(=O)Nc2cc3c(cc2C(C)=O)OCO3)cc1. The molecule has 0 atom stereocenters. The van der Waals surface area contributed by atoms with Gasteiger partial charge in [0.15, 0.2) is 30.5 Å². The molecular weight excluding hydrogens is 378 g/mol. The molecule has 2 aromatic carbocycles. The highest BCUT2D eigenvalue weighted by molar-refractivity contribution is 6.05. The second-order valence-electron chi connectivity index (χ2n) is 6.30. The van der Waals surface area contributed by atoms with Gasteiger partial charge in [-0.25, -0.2) is 4.79 Å². The fourth-order valence-electron chi connectivity index (χ4n) is 2.67. The van der Waals surface area contributed by atoms with Gasteiger partial charge in [-0.1, -0.05) is 19.1 Å². The molecule has 2 aromatic rings. The van der Waals surface area contributed by atoms with Gasteiger partial charge in [0, 0.05) is 11.6 Å². The zero-order valence-corrected chi connectivity index (χ0v) is 16.2. The average molecular weight is 399 g/mol. The second kappa shape index (κ2) is 9.09. The van der Waals surface area contributed by atoms with Gasteiger partial charge in [-0.15, -0.1) is 0 Å². The quantitative estimate of drug-likeness (QED) is 0.538. The van der Waals surface area contributed by atoms with Gasteiger partial charge in [-0.05, 0) is 37.1 Å². The number of anilines is 1. The molecular formula is C21H21NO7. The number of amides is 1. The molecule has 1 aliphatic heterocycles. The maximum atomic E-state index is 12.1. The summed E-state index contributed by atoms with van der Waals surface area (Å²) in [5, 5.41) is 2.55. The normalized spacial score (nSPS) is 11.7. The summed E-state index contributed by atoms with van der Waals surface area (Å²) in [6, 6.07) is 10.4. The van der Waals surface area contributed by atoms with Crippen LogP contribution in [0.2, 0.25) is 0 Å². The Hall–Kier alpha value is -3.55. The third-order valence-electron chi connectivity index (χ3n) is 4.22. The van der Waals surface area contributed by atoms with E-state index in [0.717, 1.165) is 12.0 Å². The maximum Gasteiger partial charge on any atom is 0.344 e. The van der Waals surface area contributed by atoms with Crippen LogP contribution in [-0.4, -0.2) is 37.7 Å². The third-order valence-corrected chi connectivity index (χ3v) is 4.22. The first-order valence-electron chi connectivity index (χ1n) is 9.08. The Morgan fingerprint density at radius 3 is 2.38 bits per heavy atom. The van der Waals surface area contributed by atoms with Crippen LogP contribution in [0.5, 0.6) is 17.2 Å². The van der Waals surface area contributed by atoms with Crippen LogP contribution in [-0.2, 0) is 20.7 Å². The molecule has 0 spiro atoms. The molecule has 1 heterocycles. The number of hydrogen-bond acceptors (Lipinski definition) is 7. The first-order chi connectivity index (χ1) is 14.0. The summed E-state index contributed by atoms with van der Waals surface area (Å²) < 4.78 is 20.7. The van der Waals surface area contributed by atoms with Crippen molar-refractivity contribution < 1.29 is 33.3 Å². The lowest BCUT2D eigenvalue weighted by molar-refractivity contribution is -0.149. The van der Waals surface area contributed by atoms with Crippen molar-refractivity contribution in [3.63, 3.8) is 0 Å². The van der Waals surface area contributed by atoms with E-state index >= 15 is 0 Å². The minimum atomic E-state index is -0.683. The molecule has 0 fully saturated rings. The molecule has 8 nitrogen and oxygen atoms in total. The minimum absolute atomic E-state index is 0.0445. The number of nitrogens with one attached hydrogen (secondary N) is 1. The third kappa shape index (κ3) is 5.25. The van der Waals surface area contributed by atoms with Crippen LogP contribution in [0.15, 0.2) is 36.4 Å². The lowest BCUT2D eigenvalue weighted by Gasteiger charge is -2.11. The van der Waals surface area contributed by atoms with Gasteiger partial charge in [0.05, 0.1) is 5.69 Å². The molecule has 1 N–H and O–H groups in total. The van der Waals surface area contributed by atoms with Crippen LogP contribution in [0, 0.1) is 0 Å². The lowest BCUT2D eigenvalue weighted by atomic mass is 10.1. The molecule has 0 bridgehead atoms. The Morgan fingerprint density at radius 2 is 1.72 bits per heavy atom. The minimum Gasteiger partial charge on any atom is -0.482 e. The topological polar surface area (TPSA) is 100 Å². The number of benzene rings is 2. The Kier molecular flexibility index (Phi) is 6.33. The molecule has 1 aliphatic rings. The van der Waals surface area contributed by atoms with E-state index in [4.69, 9.17) is 18.9 Å². The standard InChI is InChI=1S/C21H21NO7/c1-3-14-4-6-15(7-5-14)26-11-21(25)27-10-20(24)22-17-9-19-18(28-12-29-19)8-16(17)13(2)23/h4-9H,3,10-12H2,1-2H3,(H,22,24). The molecule has 0 aliphatic carbocycles. The number of hydrogen-bond donors (Lipinski definition) is 1. The highest BCUT2D eigenvalue weighted by Crippen LogP contribution is 2.37. The summed E-state index contributed by atoms with van der Waals surface area (Å²) >= 11 is 0. The molecule has 0 radical (unpaired) electrons. The number of esters is 1. The van der Waals surface area contributed by atoms with Crippen molar-refractivity contribution in [3.05, 3.63) is 47.5 Å². The van der Waals surface area contributed by atoms with E-state index in [2.05, 4.69) is 5.32 Å². The smallest absolute Gasteiger partial charge is 0.344 e. The largest absolute Gasteiger partial charge is 0.482 e. The fraction of sp³-hybridized carbons (Fsp3) is 0.286. The molecule has 152 valence electrons. The van der Waals surface area contributed by atoms with Gasteiger partial charge in [0.2, 0.25) is 6.79 Å². The molecule has 0 unspecified atom stereocenters. The second-order valence-corrected chi connectivity index (χ2v) is 6.30. The Labute approximate surface area is 167 Å². The van der Waals surface area contributed by atoms with Crippen LogP contribution in [0.1, 0.15) is 29.8 Å². The number of ketones is 1. The number of fused-ring (bicyclic) bond motifs is 1. The number of rotatable bonds is 8. The number of Topliss-reactive ketones (excluding diaryl/α,β-unsaturated/α-hetero) is 1. The monoisotopic (exact) mass is 399 g/mol. The molecule has 0 saturated carbocycles. The van der Waals surface area contributed by atoms with Crippen LogP contribution in [0.4, 0.5) is 5.69 Å². The van der Waals surface area contributed by atoms with Gasteiger partial charge < -0.3 is 24.3 Å². The number of aryl methyl sites for hydroxylation is 1. The average Bonchev–Trinajstić information content (AvgIpc) is 3.17. The Balaban J connectivity index is 1.50. The van der Waals surface area contributed by atoms with Crippen LogP contribution in [0.25, 0.3) is 0 Å². The predicted molar refractivity (Wildman–Crippen MR) is 103 cm³/mol. The van der Waals surface area contributed by atoms with E-state index in [0.29, 0.717) is 17.2 Å². The van der Waals surface area contributed by atoms with Crippen molar-refractivity contribution in [2.45, 2.75) is 20.3 Å². The zero-order chi connectivity index (χ0) is 20.8. The van der Waals surface area contributed by atoms with E-state index in [1.807, 2.05) is 19.1 Å². The van der Waals surface area contributed by atoms with Gasteiger partial charge in [-0.2, -0.15) is 0 Å². The van der Waals surface area contributed by atoms with E-state index in [-0.39, 0.29) is 30.4 Å². The number of carbonyl (C=O) groups is 3. The van der Waals surface area contributed by atoms with E-state index in [1.54, 1.807) is 12.1 Å². The van der Waals surface area contributed by atoms with Gasteiger partial charge >= 0.3 is 5.97 Å².